The fraction of sp³-hybridized carbons (Fsp3) is 0.417. The summed E-state index contributed by atoms with van der Waals surface area (Å²) in [5, 5.41) is 2.67. The second-order valence-corrected chi connectivity index (χ2v) is 5.63. The SMILES string of the molecule is CC1(C)COC(=O)N[C@H]1c1c(F)cccc1Br.Cl. The number of cyclic esters (lactones) is 1. The molecule has 1 aromatic carbocycles. The van der Waals surface area contributed by atoms with Gasteiger partial charge in [0.15, 0.2) is 0 Å². The van der Waals surface area contributed by atoms with Crippen molar-refractivity contribution in [3.8, 4) is 0 Å². The quantitative estimate of drug-likeness (QED) is 0.845. The van der Waals surface area contributed by atoms with Crippen molar-refractivity contribution < 1.29 is 13.9 Å². The molecule has 3 nitrogen and oxygen atoms in total. The predicted molar refractivity (Wildman–Crippen MR) is 72.4 cm³/mol. The monoisotopic (exact) mass is 337 g/mol. The van der Waals surface area contributed by atoms with Crippen molar-refractivity contribution in [2.45, 2.75) is 19.9 Å². The van der Waals surface area contributed by atoms with E-state index in [-0.39, 0.29) is 30.2 Å². The second-order valence-electron chi connectivity index (χ2n) is 4.78. The molecule has 1 aliphatic heterocycles. The summed E-state index contributed by atoms with van der Waals surface area (Å²) in [4.78, 5) is 11.3. The van der Waals surface area contributed by atoms with Gasteiger partial charge in [-0.15, -0.1) is 12.4 Å². The number of amides is 1. The Hall–Kier alpha value is -0.810. The molecule has 1 fully saturated rings. The lowest BCUT2D eigenvalue weighted by Gasteiger charge is -2.39. The average Bonchev–Trinajstić information content (AvgIpc) is 2.23. The van der Waals surface area contributed by atoms with Crippen molar-refractivity contribution in [3.63, 3.8) is 0 Å². The molecule has 0 bridgehead atoms. The minimum atomic E-state index is -0.510. The summed E-state index contributed by atoms with van der Waals surface area (Å²) in [6.07, 6.45) is -0.510. The maximum Gasteiger partial charge on any atom is 0.407 e. The largest absolute Gasteiger partial charge is 0.449 e. The Morgan fingerprint density at radius 1 is 1.50 bits per heavy atom. The van der Waals surface area contributed by atoms with Crippen LogP contribution in [0, 0.1) is 11.2 Å². The van der Waals surface area contributed by atoms with Crippen LogP contribution in [0.2, 0.25) is 0 Å². The summed E-state index contributed by atoms with van der Waals surface area (Å²) < 4.78 is 19.5. The summed E-state index contributed by atoms with van der Waals surface area (Å²) in [5.41, 5.74) is 0.104. The zero-order valence-corrected chi connectivity index (χ0v) is 12.4. The molecule has 0 saturated carbocycles. The van der Waals surface area contributed by atoms with E-state index in [9.17, 15) is 9.18 Å². The highest BCUT2D eigenvalue weighted by Gasteiger charge is 2.40. The zero-order valence-electron chi connectivity index (χ0n) is 10.00. The first-order valence-electron chi connectivity index (χ1n) is 5.29. The number of alkyl carbamates (subject to hydrolysis) is 1. The van der Waals surface area contributed by atoms with Gasteiger partial charge >= 0.3 is 6.09 Å². The first kappa shape index (κ1) is 15.2. The van der Waals surface area contributed by atoms with Crippen molar-refractivity contribution in [2.75, 3.05) is 6.61 Å². The Morgan fingerprint density at radius 3 is 2.78 bits per heavy atom. The maximum atomic E-state index is 13.9. The average molecular weight is 339 g/mol. The van der Waals surface area contributed by atoms with Gasteiger partial charge in [0.1, 0.15) is 12.4 Å². The molecule has 6 heteroatoms. The number of hydrogen-bond acceptors (Lipinski definition) is 2. The number of rotatable bonds is 1. The molecule has 1 amide bonds. The fourth-order valence-electron chi connectivity index (χ4n) is 1.94. The number of benzene rings is 1. The van der Waals surface area contributed by atoms with Gasteiger partial charge in [-0.25, -0.2) is 9.18 Å². The molecule has 18 heavy (non-hydrogen) atoms. The molecule has 0 radical (unpaired) electrons. The highest BCUT2D eigenvalue weighted by Crippen LogP contribution is 2.40. The Morgan fingerprint density at radius 2 is 2.17 bits per heavy atom. The fourth-order valence-corrected chi connectivity index (χ4v) is 2.51. The highest BCUT2D eigenvalue weighted by atomic mass is 79.9. The molecule has 100 valence electrons. The number of hydrogen-bond donors (Lipinski definition) is 1. The van der Waals surface area contributed by atoms with E-state index in [1.807, 2.05) is 13.8 Å². The molecule has 2 rings (SSSR count). The number of carbonyl (C=O) groups excluding carboxylic acids is 1. The third-order valence-electron chi connectivity index (χ3n) is 2.91. The van der Waals surface area contributed by atoms with Gasteiger partial charge in [0, 0.05) is 15.5 Å². The number of halogens is 3. The van der Waals surface area contributed by atoms with Gasteiger partial charge in [-0.3, -0.25) is 0 Å². The van der Waals surface area contributed by atoms with Gasteiger partial charge in [0.2, 0.25) is 0 Å². The number of carbonyl (C=O) groups is 1. The summed E-state index contributed by atoms with van der Waals surface area (Å²) in [7, 11) is 0. The third kappa shape index (κ3) is 2.78. The van der Waals surface area contributed by atoms with Crippen LogP contribution in [0.15, 0.2) is 22.7 Å². The van der Waals surface area contributed by atoms with Gasteiger partial charge in [-0.05, 0) is 12.1 Å². The van der Waals surface area contributed by atoms with E-state index in [0.717, 1.165) is 0 Å². The lowest BCUT2D eigenvalue weighted by atomic mass is 9.80. The third-order valence-corrected chi connectivity index (χ3v) is 3.60. The van der Waals surface area contributed by atoms with Gasteiger partial charge in [0.25, 0.3) is 0 Å². The van der Waals surface area contributed by atoms with Gasteiger partial charge < -0.3 is 10.1 Å². The van der Waals surface area contributed by atoms with E-state index in [4.69, 9.17) is 4.74 Å². The second kappa shape index (κ2) is 5.45. The summed E-state index contributed by atoms with van der Waals surface area (Å²) in [6, 6.07) is 4.37. The minimum Gasteiger partial charge on any atom is -0.449 e. The Bertz CT molecular complexity index is 447. The Balaban J connectivity index is 0.00000162. The molecule has 1 N–H and O–H groups in total. The number of nitrogens with one attached hydrogen (secondary N) is 1. The smallest absolute Gasteiger partial charge is 0.407 e. The lowest BCUT2D eigenvalue weighted by Crippen LogP contribution is -2.47. The van der Waals surface area contributed by atoms with Crippen LogP contribution in [0.1, 0.15) is 25.5 Å². The van der Waals surface area contributed by atoms with E-state index in [1.165, 1.54) is 6.07 Å². The van der Waals surface area contributed by atoms with Gasteiger partial charge in [-0.1, -0.05) is 35.8 Å². The zero-order chi connectivity index (χ0) is 12.6. The molecule has 0 unspecified atom stereocenters. The van der Waals surface area contributed by atoms with Crippen LogP contribution in [-0.2, 0) is 4.74 Å². The molecule has 1 heterocycles. The predicted octanol–water partition coefficient (Wildman–Crippen LogP) is 3.82. The Labute approximate surface area is 120 Å². The molecule has 0 spiro atoms. The van der Waals surface area contributed by atoms with Crippen LogP contribution in [0.25, 0.3) is 0 Å². The maximum absolute atomic E-state index is 13.9. The van der Waals surface area contributed by atoms with Gasteiger partial charge in [-0.2, -0.15) is 0 Å². The number of ether oxygens (including phenoxy) is 1. The molecule has 1 saturated heterocycles. The molecule has 1 aliphatic rings. The molecular formula is C12H14BrClFNO2. The summed E-state index contributed by atoms with van der Waals surface area (Å²) >= 11 is 3.32. The van der Waals surface area contributed by atoms with Crippen LogP contribution >= 0.6 is 28.3 Å². The van der Waals surface area contributed by atoms with Crippen molar-refractivity contribution in [1.82, 2.24) is 5.32 Å². The minimum absolute atomic E-state index is 0. The first-order chi connectivity index (χ1) is 7.92. The van der Waals surface area contributed by atoms with E-state index in [0.29, 0.717) is 10.0 Å². The van der Waals surface area contributed by atoms with E-state index in [1.54, 1.807) is 12.1 Å². The normalized spacial score (nSPS) is 21.6. The molecule has 0 aromatic heterocycles. The highest BCUT2D eigenvalue weighted by molar-refractivity contribution is 9.10. The van der Waals surface area contributed by atoms with Crippen molar-refractivity contribution >= 4 is 34.4 Å². The lowest BCUT2D eigenvalue weighted by molar-refractivity contribution is 0.0376. The summed E-state index contributed by atoms with van der Waals surface area (Å²) in [6.45, 7) is 4.12. The molecule has 1 atom stereocenters. The molecule has 0 aliphatic carbocycles. The van der Waals surface area contributed by atoms with Crippen molar-refractivity contribution in [3.05, 3.63) is 34.1 Å². The molecular weight excluding hydrogens is 324 g/mol. The molecule has 1 aromatic rings. The van der Waals surface area contributed by atoms with Gasteiger partial charge in [0.05, 0.1) is 6.04 Å². The van der Waals surface area contributed by atoms with Crippen LogP contribution in [-0.4, -0.2) is 12.7 Å². The summed E-state index contributed by atoms with van der Waals surface area (Å²) in [5.74, 6) is -0.334. The van der Waals surface area contributed by atoms with E-state index in [2.05, 4.69) is 21.2 Å². The standard InChI is InChI=1S/C12H13BrFNO2.ClH/c1-12(2)6-17-11(16)15-10(12)9-7(13)4-3-5-8(9)14;/h3-5,10H,6H2,1-2H3,(H,15,16);1H/t10-;/m0./s1. The van der Waals surface area contributed by atoms with Crippen LogP contribution in [0.3, 0.4) is 0 Å². The van der Waals surface area contributed by atoms with Crippen molar-refractivity contribution in [1.29, 1.82) is 0 Å². The topological polar surface area (TPSA) is 38.3 Å². The van der Waals surface area contributed by atoms with E-state index < -0.39 is 12.1 Å². The van der Waals surface area contributed by atoms with Crippen LogP contribution in [0.4, 0.5) is 9.18 Å². The van der Waals surface area contributed by atoms with Crippen LogP contribution in [0.5, 0.6) is 0 Å². The van der Waals surface area contributed by atoms with E-state index >= 15 is 0 Å². The van der Waals surface area contributed by atoms with Crippen LogP contribution < -0.4 is 5.32 Å². The van der Waals surface area contributed by atoms with Crippen molar-refractivity contribution in [2.24, 2.45) is 5.41 Å². The first-order valence-corrected chi connectivity index (χ1v) is 6.08. The Kier molecular flexibility index (Phi) is 4.61.